The lowest BCUT2D eigenvalue weighted by molar-refractivity contribution is 0.0696. The number of aryl methyl sites for hydroxylation is 3. The van der Waals surface area contributed by atoms with E-state index < -0.39 is 5.97 Å². The van der Waals surface area contributed by atoms with Gasteiger partial charge in [-0.3, -0.25) is 0 Å². The summed E-state index contributed by atoms with van der Waals surface area (Å²) < 4.78 is 5.19. The maximum absolute atomic E-state index is 11.1. The van der Waals surface area contributed by atoms with E-state index >= 15 is 0 Å². The molecule has 2 aromatic heterocycles. The highest BCUT2D eigenvalue weighted by molar-refractivity contribution is 5.91. The van der Waals surface area contributed by atoms with E-state index in [1.807, 2.05) is 38.1 Å². The van der Waals surface area contributed by atoms with Crippen molar-refractivity contribution in [1.29, 1.82) is 0 Å². The highest BCUT2D eigenvalue weighted by atomic mass is 16.5. The van der Waals surface area contributed by atoms with E-state index in [1.165, 1.54) is 0 Å². The van der Waals surface area contributed by atoms with Gasteiger partial charge in [0.15, 0.2) is 0 Å². The van der Waals surface area contributed by atoms with E-state index in [-0.39, 0.29) is 0 Å². The average molecular weight is 296 g/mol. The van der Waals surface area contributed by atoms with Crippen LogP contribution in [0.4, 0.5) is 0 Å². The van der Waals surface area contributed by atoms with E-state index in [1.54, 1.807) is 13.0 Å². The van der Waals surface area contributed by atoms with Gasteiger partial charge in [0, 0.05) is 17.0 Å². The molecule has 0 fully saturated rings. The van der Waals surface area contributed by atoms with Crippen molar-refractivity contribution >= 4 is 5.97 Å². The Bertz CT molecular complexity index is 822. The first kappa shape index (κ1) is 14.1. The topological polar surface area (TPSA) is 79.1 Å². The molecule has 0 bridgehead atoms. The quantitative estimate of drug-likeness (QED) is 0.766. The molecule has 0 aliphatic rings. The molecule has 0 atom stereocenters. The molecule has 5 heteroatoms. The monoisotopic (exact) mass is 296 g/mol. The number of aromatic nitrogens is 2. The molecule has 2 heterocycles. The van der Waals surface area contributed by atoms with Crippen LogP contribution in [0.1, 0.15) is 27.5 Å². The Balaban J connectivity index is 1.98. The second-order valence-corrected chi connectivity index (χ2v) is 5.30. The third-order valence-corrected chi connectivity index (χ3v) is 3.76. The zero-order valence-electron chi connectivity index (χ0n) is 12.6. The molecule has 0 aliphatic heterocycles. The zero-order chi connectivity index (χ0) is 15.9. The van der Waals surface area contributed by atoms with Gasteiger partial charge >= 0.3 is 5.97 Å². The number of hydrogen-bond donors (Lipinski definition) is 2. The Labute approximate surface area is 127 Å². The van der Waals surface area contributed by atoms with Crippen molar-refractivity contribution in [1.82, 2.24) is 10.1 Å². The van der Waals surface area contributed by atoms with Crippen LogP contribution in [0.3, 0.4) is 0 Å². The van der Waals surface area contributed by atoms with Crippen molar-refractivity contribution in [3.63, 3.8) is 0 Å². The number of carbonyl (C=O) groups is 1. The maximum Gasteiger partial charge on any atom is 0.337 e. The Hall–Kier alpha value is -2.82. The van der Waals surface area contributed by atoms with Gasteiger partial charge in [-0.15, -0.1) is 0 Å². The number of aromatic carboxylic acids is 1. The summed E-state index contributed by atoms with van der Waals surface area (Å²) in [4.78, 5) is 14.2. The van der Waals surface area contributed by atoms with Gasteiger partial charge in [-0.2, -0.15) is 0 Å². The van der Waals surface area contributed by atoms with Gasteiger partial charge in [-0.05, 0) is 38.0 Å². The number of benzene rings is 1. The Morgan fingerprint density at radius 1 is 1.14 bits per heavy atom. The first-order valence-corrected chi connectivity index (χ1v) is 6.94. The number of nitrogens with zero attached hydrogens (tertiary/aromatic N) is 1. The van der Waals surface area contributed by atoms with Crippen LogP contribution in [0.15, 0.2) is 34.9 Å². The van der Waals surface area contributed by atoms with E-state index in [0.717, 1.165) is 33.8 Å². The lowest BCUT2D eigenvalue weighted by atomic mass is 10.0. The average Bonchev–Trinajstić information content (AvgIpc) is 3.03. The van der Waals surface area contributed by atoms with Gasteiger partial charge in [-0.25, -0.2) is 4.79 Å². The number of hydrogen-bond acceptors (Lipinski definition) is 3. The first-order chi connectivity index (χ1) is 10.5. The predicted molar refractivity (Wildman–Crippen MR) is 82.9 cm³/mol. The smallest absolute Gasteiger partial charge is 0.337 e. The summed E-state index contributed by atoms with van der Waals surface area (Å²) >= 11 is 0. The van der Waals surface area contributed by atoms with Gasteiger partial charge < -0.3 is 14.6 Å². The van der Waals surface area contributed by atoms with Crippen LogP contribution in [-0.2, 0) is 0 Å². The minimum Gasteiger partial charge on any atom is -0.478 e. The molecule has 112 valence electrons. The predicted octanol–water partition coefficient (Wildman–Crippen LogP) is 3.96. The van der Waals surface area contributed by atoms with Crippen molar-refractivity contribution in [2.75, 3.05) is 0 Å². The van der Waals surface area contributed by atoms with Gasteiger partial charge in [-0.1, -0.05) is 29.4 Å². The summed E-state index contributed by atoms with van der Waals surface area (Å²) in [7, 11) is 0. The van der Waals surface area contributed by atoms with Crippen LogP contribution in [-0.4, -0.2) is 21.2 Å². The van der Waals surface area contributed by atoms with Crippen LogP contribution in [0.5, 0.6) is 0 Å². The van der Waals surface area contributed by atoms with Crippen LogP contribution in [0, 0.1) is 20.8 Å². The Kier molecular flexibility index (Phi) is 3.33. The maximum atomic E-state index is 11.1. The standard InChI is InChI=1S/C17H16N2O3/c1-9-14(17(20)21)8-15(18-9)12-4-6-13(7-5-12)16-10(2)19-22-11(16)3/h4-8,18H,1-3H3,(H,20,21). The summed E-state index contributed by atoms with van der Waals surface area (Å²) in [6.45, 7) is 5.55. The fourth-order valence-corrected chi connectivity index (χ4v) is 2.65. The molecule has 3 rings (SSSR count). The van der Waals surface area contributed by atoms with Crippen LogP contribution < -0.4 is 0 Å². The number of carboxylic acids is 1. The van der Waals surface area contributed by atoms with Gasteiger partial charge in [0.05, 0.1) is 11.3 Å². The summed E-state index contributed by atoms with van der Waals surface area (Å²) in [6.07, 6.45) is 0. The number of carboxylic acid groups (broad SMARTS) is 1. The zero-order valence-corrected chi connectivity index (χ0v) is 12.6. The Morgan fingerprint density at radius 2 is 1.77 bits per heavy atom. The lowest BCUT2D eigenvalue weighted by Gasteiger charge is -2.03. The fraction of sp³-hybridized carbons (Fsp3) is 0.176. The van der Waals surface area contributed by atoms with Crippen molar-refractivity contribution in [3.8, 4) is 22.4 Å². The van der Waals surface area contributed by atoms with Crippen molar-refractivity contribution in [2.24, 2.45) is 0 Å². The highest BCUT2D eigenvalue weighted by Gasteiger charge is 2.14. The second kappa shape index (κ2) is 5.18. The molecule has 22 heavy (non-hydrogen) atoms. The van der Waals surface area contributed by atoms with Gasteiger partial charge in [0.1, 0.15) is 5.76 Å². The molecule has 1 aromatic carbocycles. The number of aromatic amines is 1. The van der Waals surface area contributed by atoms with E-state index in [0.29, 0.717) is 11.3 Å². The van der Waals surface area contributed by atoms with Crippen molar-refractivity contribution in [2.45, 2.75) is 20.8 Å². The van der Waals surface area contributed by atoms with Gasteiger partial charge in [0.2, 0.25) is 0 Å². The molecular weight excluding hydrogens is 280 g/mol. The summed E-state index contributed by atoms with van der Waals surface area (Å²) in [5.41, 5.74) is 5.56. The van der Waals surface area contributed by atoms with Crippen molar-refractivity contribution < 1.29 is 14.4 Å². The van der Waals surface area contributed by atoms with E-state index in [4.69, 9.17) is 9.63 Å². The summed E-state index contributed by atoms with van der Waals surface area (Å²) in [5, 5.41) is 13.1. The third-order valence-electron chi connectivity index (χ3n) is 3.76. The Morgan fingerprint density at radius 3 is 2.27 bits per heavy atom. The molecule has 0 spiro atoms. The molecule has 0 saturated heterocycles. The molecule has 0 unspecified atom stereocenters. The van der Waals surface area contributed by atoms with Crippen LogP contribution >= 0.6 is 0 Å². The molecule has 2 N–H and O–H groups in total. The van der Waals surface area contributed by atoms with Crippen LogP contribution in [0.2, 0.25) is 0 Å². The molecule has 5 nitrogen and oxygen atoms in total. The SMILES string of the molecule is Cc1noc(C)c1-c1ccc(-c2cc(C(=O)O)c(C)[nH]2)cc1. The summed E-state index contributed by atoms with van der Waals surface area (Å²) in [6, 6.07) is 9.54. The number of nitrogens with one attached hydrogen (secondary N) is 1. The second-order valence-electron chi connectivity index (χ2n) is 5.30. The summed E-state index contributed by atoms with van der Waals surface area (Å²) in [5.74, 6) is -0.138. The normalized spacial score (nSPS) is 10.9. The fourth-order valence-electron chi connectivity index (χ4n) is 2.65. The highest BCUT2D eigenvalue weighted by Crippen LogP contribution is 2.29. The first-order valence-electron chi connectivity index (χ1n) is 6.94. The minimum atomic E-state index is -0.924. The molecule has 0 aliphatic carbocycles. The molecule has 0 saturated carbocycles. The molecule has 0 amide bonds. The third kappa shape index (κ3) is 2.30. The lowest BCUT2D eigenvalue weighted by Crippen LogP contribution is -1.95. The number of rotatable bonds is 3. The van der Waals surface area contributed by atoms with Gasteiger partial charge in [0.25, 0.3) is 0 Å². The van der Waals surface area contributed by atoms with E-state index in [2.05, 4.69) is 10.1 Å². The molecular formula is C17H16N2O3. The number of H-pyrrole nitrogens is 1. The molecule has 0 radical (unpaired) electrons. The minimum absolute atomic E-state index is 0.296. The largest absolute Gasteiger partial charge is 0.478 e. The van der Waals surface area contributed by atoms with E-state index in [9.17, 15) is 4.79 Å². The molecule has 3 aromatic rings. The van der Waals surface area contributed by atoms with Crippen molar-refractivity contribution in [3.05, 3.63) is 53.0 Å². The van der Waals surface area contributed by atoms with Crippen LogP contribution in [0.25, 0.3) is 22.4 Å².